The Balaban J connectivity index is 1.63. The summed E-state index contributed by atoms with van der Waals surface area (Å²) in [6.45, 7) is 0.198. The van der Waals surface area contributed by atoms with Gasteiger partial charge in [0, 0.05) is 12.6 Å². The number of nitrogens with zero attached hydrogens (tertiary/aromatic N) is 3. The van der Waals surface area contributed by atoms with Crippen LogP contribution in [-0.2, 0) is 6.54 Å². The average molecular weight is 344 g/mol. The largest absolute Gasteiger partial charge is 0.463 e. The Morgan fingerprint density at radius 1 is 1.28 bits per heavy atom. The van der Waals surface area contributed by atoms with Crippen molar-refractivity contribution in [1.82, 2.24) is 15.1 Å². The molecule has 3 aromatic rings. The van der Waals surface area contributed by atoms with Crippen molar-refractivity contribution in [2.75, 3.05) is 6.54 Å². The van der Waals surface area contributed by atoms with E-state index in [1.807, 2.05) is 0 Å². The molecule has 25 heavy (non-hydrogen) atoms. The van der Waals surface area contributed by atoms with Gasteiger partial charge < -0.3 is 14.2 Å². The predicted octanol–water partition coefficient (Wildman–Crippen LogP) is 1.43. The van der Waals surface area contributed by atoms with E-state index in [1.54, 1.807) is 12.1 Å². The van der Waals surface area contributed by atoms with Crippen LogP contribution in [-0.4, -0.2) is 27.2 Å². The van der Waals surface area contributed by atoms with Gasteiger partial charge in [-0.1, -0.05) is 0 Å². The second-order valence-electron chi connectivity index (χ2n) is 4.91. The van der Waals surface area contributed by atoms with Gasteiger partial charge in [-0.3, -0.25) is 19.7 Å². The number of hydrogen-bond donors (Lipinski definition) is 1. The minimum atomic E-state index is -0.736. The van der Waals surface area contributed by atoms with Crippen LogP contribution in [0.5, 0.6) is 0 Å². The highest BCUT2D eigenvalue weighted by atomic mass is 16.6. The Labute approximate surface area is 139 Å². The Bertz CT molecular complexity index is 957. The Kier molecular flexibility index (Phi) is 4.42. The zero-order chi connectivity index (χ0) is 17.8. The molecule has 0 aliphatic heterocycles. The lowest BCUT2D eigenvalue weighted by Gasteiger charge is -2.06. The number of nitro groups is 1. The van der Waals surface area contributed by atoms with E-state index >= 15 is 0 Å². The molecule has 3 aromatic heterocycles. The van der Waals surface area contributed by atoms with Gasteiger partial charge in [0.2, 0.25) is 0 Å². The van der Waals surface area contributed by atoms with E-state index < -0.39 is 16.7 Å². The summed E-state index contributed by atoms with van der Waals surface area (Å²) in [6, 6.07) is 8.60. The van der Waals surface area contributed by atoms with E-state index in [4.69, 9.17) is 8.83 Å². The van der Waals surface area contributed by atoms with E-state index in [9.17, 15) is 19.7 Å². The Morgan fingerprint density at radius 2 is 2.12 bits per heavy atom. The fourth-order valence-corrected chi connectivity index (χ4v) is 2.08. The maximum absolute atomic E-state index is 11.9. The van der Waals surface area contributed by atoms with Crippen LogP contribution in [0.15, 0.2) is 56.3 Å². The average Bonchev–Trinajstić information content (AvgIpc) is 3.28. The number of hydrogen-bond acceptors (Lipinski definition) is 7. The number of rotatable bonds is 6. The van der Waals surface area contributed by atoms with Crippen molar-refractivity contribution in [1.29, 1.82) is 0 Å². The number of furan rings is 2. The summed E-state index contributed by atoms with van der Waals surface area (Å²) >= 11 is 0. The summed E-state index contributed by atoms with van der Waals surface area (Å²) in [5, 5.41) is 17.2. The molecule has 3 heterocycles. The highest BCUT2D eigenvalue weighted by Crippen LogP contribution is 2.16. The minimum Gasteiger partial charge on any atom is -0.463 e. The monoisotopic (exact) mass is 344 g/mol. The van der Waals surface area contributed by atoms with Crippen molar-refractivity contribution in [2.45, 2.75) is 6.54 Å². The van der Waals surface area contributed by atoms with Crippen LogP contribution in [0.25, 0.3) is 11.5 Å². The molecule has 0 atom stereocenters. The van der Waals surface area contributed by atoms with Crippen molar-refractivity contribution in [2.24, 2.45) is 0 Å². The SMILES string of the molecule is O=C(NCCn1nc(-c2ccco2)ccc1=O)c1ccc([N+](=O)[O-])o1. The van der Waals surface area contributed by atoms with E-state index in [2.05, 4.69) is 10.4 Å². The first-order valence-electron chi connectivity index (χ1n) is 7.19. The summed E-state index contributed by atoms with van der Waals surface area (Å²) in [6.07, 6.45) is 1.50. The van der Waals surface area contributed by atoms with Gasteiger partial charge in [0.15, 0.2) is 11.5 Å². The maximum atomic E-state index is 11.9. The van der Waals surface area contributed by atoms with Gasteiger partial charge in [0.1, 0.15) is 10.6 Å². The third-order valence-corrected chi connectivity index (χ3v) is 3.24. The molecule has 1 N–H and O–H groups in total. The molecule has 0 spiro atoms. The van der Waals surface area contributed by atoms with Crippen LogP contribution in [0.2, 0.25) is 0 Å². The summed E-state index contributed by atoms with van der Waals surface area (Å²) < 4.78 is 11.2. The second kappa shape index (κ2) is 6.83. The van der Waals surface area contributed by atoms with Crippen molar-refractivity contribution >= 4 is 11.8 Å². The quantitative estimate of drug-likeness (QED) is 0.528. The van der Waals surface area contributed by atoms with Gasteiger partial charge in [0.25, 0.3) is 11.5 Å². The zero-order valence-electron chi connectivity index (χ0n) is 12.7. The number of amides is 1. The van der Waals surface area contributed by atoms with Crippen LogP contribution in [0, 0.1) is 10.1 Å². The van der Waals surface area contributed by atoms with E-state index in [-0.39, 0.29) is 24.4 Å². The molecule has 0 radical (unpaired) electrons. The lowest BCUT2D eigenvalue weighted by atomic mass is 10.3. The summed E-state index contributed by atoms with van der Waals surface area (Å²) in [4.78, 5) is 33.5. The number of nitrogens with one attached hydrogen (secondary N) is 1. The molecule has 1 amide bonds. The first-order valence-corrected chi connectivity index (χ1v) is 7.19. The molecule has 3 rings (SSSR count). The molecular formula is C15H12N4O6. The fraction of sp³-hybridized carbons (Fsp3) is 0.133. The standard InChI is InChI=1S/C15H12N4O6/c20-13-5-3-10(11-2-1-9-24-11)17-18(13)8-7-16-15(21)12-4-6-14(25-12)19(22)23/h1-6,9H,7-8H2,(H,16,21). The third-order valence-electron chi connectivity index (χ3n) is 3.24. The van der Waals surface area contributed by atoms with E-state index in [1.165, 1.54) is 29.1 Å². The molecule has 0 aliphatic carbocycles. The lowest BCUT2D eigenvalue weighted by Crippen LogP contribution is -2.31. The normalized spacial score (nSPS) is 10.6. The van der Waals surface area contributed by atoms with E-state index in [0.717, 1.165) is 6.07 Å². The van der Waals surface area contributed by atoms with Gasteiger partial charge >= 0.3 is 5.88 Å². The molecule has 10 heteroatoms. The highest BCUT2D eigenvalue weighted by Gasteiger charge is 2.17. The molecule has 0 saturated heterocycles. The summed E-state index contributed by atoms with van der Waals surface area (Å²) in [5.41, 5.74) is 0.149. The third kappa shape index (κ3) is 3.63. The molecular weight excluding hydrogens is 332 g/mol. The highest BCUT2D eigenvalue weighted by molar-refractivity contribution is 5.91. The topological polar surface area (TPSA) is 133 Å². The molecule has 0 fully saturated rings. The fourth-order valence-electron chi connectivity index (χ4n) is 2.08. The minimum absolute atomic E-state index is 0.0852. The van der Waals surface area contributed by atoms with Gasteiger partial charge in [-0.25, -0.2) is 4.68 Å². The summed E-state index contributed by atoms with van der Waals surface area (Å²) in [5.74, 6) is -0.811. The van der Waals surface area contributed by atoms with Crippen LogP contribution in [0.4, 0.5) is 5.88 Å². The van der Waals surface area contributed by atoms with Crippen LogP contribution >= 0.6 is 0 Å². The molecule has 0 saturated carbocycles. The predicted molar refractivity (Wildman–Crippen MR) is 83.9 cm³/mol. The molecule has 128 valence electrons. The van der Waals surface area contributed by atoms with Crippen LogP contribution in [0.3, 0.4) is 0 Å². The number of carbonyl (C=O) groups excluding carboxylic acids is 1. The molecule has 0 bridgehead atoms. The zero-order valence-corrected chi connectivity index (χ0v) is 12.7. The smallest absolute Gasteiger partial charge is 0.433 e. The molecule has 0 aromatic carbocycles. The van der Waals surface area contributed by atoms with Gasteiger partial charge in [0.05, 0.1) is 18.9 Å². The second-order valence-corrected chi connectivity index (χ2v) is 4.91. The molecule has 10 nitrogen and oxygen atoms in total. The lowest BCUT2D eigenvalue weighted by molar-refractivity contribution is -0.402. The van der Waals surface area contributed by atoms with Crippen molar-refractivity contribution in [3.05, 3.63) is 68.9 Å². The number of carbonyl (C=O) groups is 1. The van der Waals surface area contributed by atoms with Crippen molar-refractivity contribution in [3.63, 3.8) is 0 Å². The van der Waals surface area contributed by atoms with Gasteiger partial charge in [-0.05, 0) is 24.3 Å². The van der Waals surface area contributed by atoms with Crippen molar-refractivity contribution < 1.29 is 18.6 Å². The first-order chi connectivity index (χ1) is 12.0. The molecule has 0 aliphatic rings. The van der Waals surface area contributed by atoms with Crippen LogP contribution in [0.1, 0.15) is 10.6 Å². The Morgan fingerprint density at radius 3 is 2.80 bits per heavy atom. The Hall–Kier alpha value is -3.69. The summed E-state index contributed by atoms with van der Waals surface area (Å²) in [7, 11) is 0. The molecule has 0 unspecified atom stereocenters. The van der Waals surface area contributed by atoms with Gasteiger partial charge in [-0.15, -0.1) is 0 Å². The van der Waals surface area contributed by atoms with Gasteiger partial charge in [-0.2, -0.15) is 5.10 Å². The number of aromatic nitrogens is 2. The van der Waals surface area contributed by atoms with Crippen molar-refractivity contribution in [3.8, 4) is 11.5 Å². The van der Waals surface area contributed by atoms with E-state index in [0.29, 0.717) is 11.5 Å². The van der Waals surface area contributed by atoms with Crippen LogP contribution < -0.4 is 10.9 Å². The first kappa shape index (κ1) is 16.2. The maximum Gasteiger partial charge on any atom is 0.433 e.